The fourth-order valence-corrected chi connectivity index (χ4v) is 5.89. The van der Waals surface area contributed by atoms with Crippen molar-refractivity contribution in [1.82, 2.24) is 0 Å². The Labute approximate surface area is 154 Å². The van der Waals surface area contributed by atoms with Crippen molar-refractivity contribution < 1.29 is 19.1 Å². The van der Waals surface area contributed by atoms with Crippen LogP contribution in [0.3, 0.4) is 0 Å². The fraction of sp³-hybridized carbons (Fsp3) is 0.545. The molecule has 4 rings (SSSR count). The quantitative estimate of drug-likeness (QED) is 0.611. The van der Waals surface area contributed by atoms with E-state index in [4.69, 9.17) is 9.47 Å². The number of benzene rings is 1. The highest BCUT2D eigenvalue weighted by Gasteiger charge is 2.65. The molecule has 26 heavy (non-hydrogen) atoms. The van der Waals surface area contributed by atoms with Gasteiger partial charge in [-0.2, -0.15) is 0 Å². The number of rotatable bonds is 4. The Balaban J connectivity index is 1.62. The first-order valence-corrected chi connectivity index (χ1v) is 9.40. The fourth-order valence-electron chi connectivity index (χ4n) is 5.89. The van der Waals surface area contributed by atoms with E-state index in [9.17, 15) is 9.59 Å². The second-order valence-electron chi connectivity index (χ2n) is 8.62. The standard InChI is InChI=1S/C22H26O4/c1-21(2)18-17(23)16(20(24)25-3)12-22(18)10-9-15(11-22)19(21)26-13-14-7-5-4-6-8-14/h4-8,12,15,18-19H,9-11,13H2,1-3H3/t15-,18-,19?,22+/m0/s1. The summed E-state index contributed by atoms with van der Waals surface area (Å²) >= 11 is 0. The number of hydrogen-bond acceptors (Lipinski definition) is 4. The summed E-state index contributed by atoms with van der Waals surface area (Å²) in [5.74, 6) is -0.343. The summed E-state index contributed by atoms with van der Waals surface area (Å²) in [6.45, 7) is 4.81. The number of methoxy groups -OCH3 is 1. The molecule has 138 valence electrons. The third-order valence-electron chi connectivity index (χ3n) is 6.74. The lowest BCUT2D eigenvalue weighted by molar-refractivity contribution is -0.152. The van der Waals surface area contributed by atoms with E-state index in [1.165, 1.54) is 7.11 Å². The number of hydrogen-bond donors (Lipinski definition) is 0. The van der Waals surface area contributed by atoms with E-state index in [2.05, 4.69) is 26.0 Å². The number of esters is 1. The van der Waals surface area contributed by atoms with Crippen LogP contribution < -0.4 is 0 Å². The minimum Gasteiger partial charge on any atom is -0.465 e. The van der Waals surface area contributed by atoms with Crippen molar-refractivity contribution in [3.05, 3.63) is 47.5 Å². The van der Waals surface area contributed by atoms with Gasteiger partial charge < -0.3 is 9.47 Å². The van der Waals surface area contributed by atoms with Gasteiger partial charge in [0.1, 0.15) is 0 Å². The van der Waals surface area contributed by atoms with Crippen LogP contribution in [0.25, 0.3) is 0 Å². The highest BCUT2D eigenvalue weighted by molar-refractivity contribution is 6.20. The molecule has 0 amide bonds. The van der Waals surface area contributed by atoms with Gasteiger partial charge in [0.25, 0.3) is 0 Å². The Morgan fingerprint density at radius 1 is 1.23 bits per heavy atom. The third-order valence-corrected chi connectivity index (χ3v) is 6.74. The Morgan fingerprint density at radius 3 is 2.65 bits per heavy atom. The average molecular weight is 354 g/mol. The number of allylic oxidation sites excluding steroid dienone is 1. The number of carbonyl (C=O) groups excluding carboxylic acids is 2. The molecule has 4 nitrogen and oxygen atoms in total. The molecule has 1 unspecified atom stereocenters. The maximum Gasteiger partial charge on any atom is 0.341 e. The normalized spacial score (nSPS) is 34.3. The lowest BCUT2D eigenvalue weighted by atomic mass is 9.56. The van der Waals surface area contributed by atoms with Gasteiger partial charge in [-0.05, 0) is 30.7 Å². The van der Waals surface area contributed by atoms with Crippen LogP contribution >= 0.6 is 0 Å². The summed E-state index contributed by atoms with van der Waals surface area (Å²) in [4.78, 5) is 25.2. The Bertz CT molecular complexity index is 764. The molecule has 0 N–H and O–H groups in total. The second-order valence-corrected chi connectivity index (χ2v) is 8.62. The lowest BCUT2D eigenvalue weighted by Crippen LogP contribution is -2.52. The van der Waals surface area contributed by atoms with E-state index >= 15 is 0 Å². The van der Waals surface area contributed by atoms with E-state index in [1.54, 1.807) is 0 Å². The van der Waals surface area contributed by atoms with Crippen molar-refractivity contribution in [3.63, 3.8) is 0 Å². The Kier molecular flexibility index (Phi) is 4.07. The van der Waals surface area contributed by atoms with Crippen molar-refractivity contribution in [2.45, 2.75) is 45.8 Å². The predicted octanol–water partition coefficient (Wildman–Crippen LogP) is 3.70. The minimum absolute atomic E-state index is 0.0117. The highest BCUT2D eigenvalue weighted by Crippen LogP contribution is 2.65. The maximum absolute atomic E-state index is 13.1. The van der Waals surface area contributed by atoms with Crippen LogP contribution in [0.5, 0.6) is 0 Å². The van der Waals surface area contributed by atoms with Crippen LogP contribution in [0.1, 0.15) is 38.7 Å². The maximum atomic E-state index is 13.1. The molecule has 1 aromatic rings. The summed E-state index contributed by atoms with van der Waals surface area (Å²) in [5.41, 5.74) is 0.873. The molecule has 0 heterocycles. The predicted molar refractivity (Wildman–Crippen MR) is 97.2 cm³/mol. The van der Waals surface area contributed by atoms with E-state index in [0.29, 0.717) is 12.5 Å². The van der Waals surface area contributed by atoms with E-state index < -0.39 is 5.97 Å². The zero-order valence-electron chi connectivity index (χ0n) is 15.7. The van der Waals surface area contributed by atoms with Crippen LogP contribution in [0.2, 0.25) is 0 Å². The summed E-state index contributed by atoms with van der Waals surface area (Å²) in [5, 5.41) is 0. The molecule has 0 saturated heterocycles. The molecule has 0 aliphatic heterocycles. The summed E-state index contributed by atoms with van der Waals surface area (Å²) < 4.78 is 11.3. The van der Waals surface area contributed by atoms with Gasteiger partial charge in [-0.15, -0.1) is 0 Å². The van der Waals surface area contributed by atoms with Gasteiger partial charge in [-0.3, -0.25) is 4.79 Å². The Morgan fingerprint density at radius 2 is 1.96 bits per heavy atom. The van der Waals surface area contributed by atoms with Gasteiger partial charge in [-0.1, -0.05) is 50.3 Å². The minimum atomic E-state index is -0.500. The van der Waals surface area contributed by atoms with Gasteiger partial charge in [0.2, 0.25) is 0 Å². The molecule has 3 aliphatic carbocycles. The van der Waals surface area contributed by atoms with Crippen molar-refractivity contribution in [2.75, 3.05) is 7.11 Å². The van der Waals surface area contributed by atoms with Crippen LogP contribution in [0.15, 0.2) is 42.0 Å². The zero-order valence-corrected chi connectivity index (χ0v) is 15.7. The van der Waals surface area contributed by atoms with Gasteiger partial charge in [0.05, 0.1) is 25.4 Å². The molecule has 4 atom stereocenters. The average Bonchev–Trinajstić information content (AvgIpc) is 3.14. The molecule has 3 aliphatic rings. The van der Waals surface area contributed by atoms with Crippen molar-refractivity contribution >= 4 is 11.8 Å². The van der Waals surface area contributed by atoms with Gasteiger partial charge in [0.15, 0.2) is 5.78 Å². The van der Waals surface area contributed by atoms with Crippen molar-refractivity contribution in [1.29, 1.82) is 0 Å². The van der Waals surface area contributed by atoms with E-state index in [1.807, 2.05) is 24.3 Å². The van der Waals surface area contributed by atoms with Gasteiger partial charge in [0, 0.05) is 16.7 Å². The topological polar surface area (TPSA) is 52.6 Å². The van der Waals surface area contributed by atoms with Gasteiger partial charge in [-0.25, -0.2) is 4.79 Å². The zero-order chi connectivity index (χ0) is 18.5. The number of ketones is 1. The van der Waals surface area contributed by atoms with Crippen LogP contribution in [0, 0.1) is 22.7 Å². The summed E-state index contributed by atoms with van der Waals surface area (Å²) in [6.07, 6.45) is 4.85. The van der Waals surface area contributed by atoms with E-state index in [0.717, 1.165) is 24.8 Å². The number of fused-ring (bicyclic) bond motifs is 1. The van der Waals surface area contributed by atoms with Crippen LogP contribution in [0.4, 0.5) is 0 Å². The first kappa shape index (κ1) is 17.5. The summed E-state index contributed by atoms with van der Waals surface area (Å²) in [7, 11) is 1.34. The lowest BCUT2D eigenvalue weighted by Gasteiger charge is -2.50. The smallest absolute Gasteiger partial charge is 0.341 e. The molecule has 4 heteroatoms. The molecule has 1 aromatic carbocycles. The highest BCUT2D eigenvalue weighted by atomic mass is 16.5. The molecule has 2 fully saturated rings. The molecule has 2 bridgehead atoms. The molecular weight excluding hydrogens is 328 g/mol. The SMILES string of the molecule is COC(=O)C1=C[C@@]23CC[C@@H](C2)C(OCc2ccccc2)C(C)(C)[C@@H]3C1=O. The number of carbonyl (C=O) groups is 2. The van der Waals surface area contributed by atoms with E-state index in [-0.39, 0.29) is 34.2 Å². The number of ether oxygens (including phenoxy) is 2. The van der Waals surface area contributed by atoms with Crippen LogP contribution in [-0.4, -0.2) is 25.0 Å². The molecular formula is C22H26O4. The van der Waals surface area contributed by atoms with Gasteiger partial charge >= 0.3 is 5.97 Å². The monoisotopic (exact) mass is 354 g/mol. The van der Waals surface area contributed by atoms with Crippen molar-refractivity contribution in [3.8, 4) is 0 Å². The molecule has 1 spiro atoms. The van der Waals surface area contributed by atoms with Crippen LogP contribution in [-0.2, 0) is 25.7 Å². The molecule has 0 aromatic heterocycles. The molecule has 0 radical (unpaired) electrons. The first-order chi connectivity index (χ1) is 12.4. The molecule has 2 saturated carbocycles. The third kappa shape index (κ3) is 2.46. The first-order valence-electron chi connectivity index (χ1n) is 9.40. The Hall–Kier alpha value is -1.94. The summed E-state index contributed by atoms with van der Waals surface area (Å²) in [6, 6.07) is 10.1. The number of Topliss-reactive ketones (excluding diaryl/α,β-unsaturated/α-hetero) is 1. The largest absolute Gasteiger partial charge is 0.465 e. The van der Waals surface area contributed by atoms with Crippen molar-refractivity contribution in [2.24, 2.45) is 22.7 Å². The second kappa shape index (κ2) is 6.05.